The summed E-state index contributed by atoms with van der Waals surface area (Å²) in [5, 5.41) is 2.72. The molecule has 0 heterocycles. The van der Waals surface area contributed by atoms with E-state index >= 15 is 0 Å². The maximum atomic E-state index is 14.1. The van der Waals surface area contributed by atoms with E-state index in [4.69, 9.17) is 10.5 Å². The van der Waals surface area contributed by atoms with Crippen LogP contribution in [0, 0.1) is 0 Å². The Morgan fingerprint density at radius 2 is 1.94 bits per heavy atom. The van der Waals surface area contributed by atoms with Crippen molar-refractivity contribution in [3.8, 4) is 0 Å². The van der Waals surface area contributed by atoms with Gasteiger partial charge in [-0.15, -0.1) is 0 Å². The number of amides is 1. The van der Waals surface area contributed by atoms with E-state index in [1.165, 1.54) is 0 Å². The normalized spacial score (nSPS) is 21.2. The van der Waals surface area contributed by atoms with E-state index in [0.717, 1.165) is 19.3 Å². The molecule has 5 heteroatoms. The lowest BCUT2D eigenvalue weighted by Crippen LogP contribution is -2.58. The molecular weight excluding hydrogens is 235 g/mol. The van der Waals surface area contributed by atoms with E-state index in [1.54, 1.807) is 20.8 Å². The first-order valence-corrected chi connectivity index (χ1v) is 6.64. The Hall–Kier alpha value is -0.840. The Balaban J connectivity index is 2.70. The van der Waals surface area contributed by atoms with Crippen molar-refractivity contribution in [1.82, 2.24) is 5.32 Å². The molecular formula is C13H25FN2O2. The maximum absolute atomic E-state index is 14.1. The van der Waals surface area contributed by atoms with E-state index in [0.29, 0.717) is 12.8 Å². The third-order valence-electron chi connectivity index (χ3n) is 3.30. The van der Waals surface area contributed by atoms with Gasteiger partial charge in [0, 0.05) is 6.54 Å². The molecule has 1 amide bonds. The van der Waals surface area contributed by atoms with Gasteiger partial charge in [0.05, 0.1) is 5.54 Å². The molecule has 0 aromatic rings. The highest BCUT2D eigenvalue weighted by molar-refractivity contribution is 5.69. The Morgan fingerprint density at radius 1 is 1.39 bits per heavy atom. The van der Waals surface area contributed by atoms with Gasteiger partial charge >= 0.3 is 6.09 Å². The summed E-state index contributed by atoms with van der Waals surface area (Å²) in [4.78, 5) is 11.8. The first kappa shape index (κ1) is 15.2. The van der Waals surface area contributed by atoms with Gasteiger partial charge in [-0.25, -0.2) is 9.18 Å². The standard InChI is InChI=1S/C13H25FN2O2/c1-12(2,3)18-11(17)16-13(10(14)9-15)7-5-4-6-8-13/h10H,4-9,15H2,1-3H3,(H,16,17). The SMILES string of the molecule is CC(C)(C)OC(=O)NC1(C(F)CN)CCCCC1. The van der Waals surface area contributed by atoms with Crippen LogP contribution in [0.1, 0.15) is 52.9 Å². The van der Waals surface area contributed by atoms with E-state index in [2.05, 4.69) is 5.32 Å². The summed E-state index contributed by atoms with van der Waals surface area (Å²) in [6.07, 6.45) is 2.39. The Bertz CT molecular complexity index is 283. The summed E-state index contributed by atoms with van der Waals surface area (Å²) < 4.78 is 19.3. The molecule has 1 saturated carbocycles. The van der Waals surface area contributed by atoms with Crippen LogP contribution in [0.15, 0.2) is 0 Å². The van der Waals surface area contributed by atoms with Gasteiger partial charge in [0.25, 0.3) is 0 Å². The monoisotopic (exact) mass is 260 g/mol. The van der Waals surface area contributed by atoms with Gasteiger partial charge in [0.15, 0.2) is 0 Å². The number of alkyl halides is 1. The minimum absolute atomic E-state index is 0.0736. The zero-order valence-corrected chi connectivity index (χ0v) is 11.6. The van der Waals surface area contributed by atoms with Crippen LogP contribution in [0.25, 0.3) is 0 Å². The molecule has 18 heavy (non-hydrogen) atoms. The first-order chi connectivity index (χ1) is 8.29. The van der Waals surface area contributed by atoms with Gasteiger partial charge in [-0.2, -0.15) is 0 Å². The quantitative estimate of drug-likeness (QED) is 0.819. The second-order valence-corrected chi connectivity index (χ2v) is 6.05. The van der Waals surface area contributed by atoms with Crippen LogP contribution < -0.4 is 11.1 Å². The van der Waals surface area contributed by atoms with Crippen molar-refractivity contribution >= 4 is 6.09 Å². The zero-order chi connectivity index (χ0) is 13.8. The van der Waals surface area contributed by atoms with Gasteiger partial charge in [0.1, 0.15) is 11.8 Å². The smallest absolute Gasteiger partial charge is 0.408 e. The Labute approximate surface area is 108 Å². The van der Waals surface area contributed by atoms with Crippen molar-refractivity contribution < 1.29 is 13.9 Å². The summed E-state index contributed by atoms with van der Waals surface area (Å²) in [6.45, 7) is 5.29. The summed E-state index contributed by atoms with van der Waals surface area (Å²) in [7, 11) is 0. The number of alkyl carbamates (subject to hydrolysis) is 1. The molecule has 106 valence electrons. The molecule has 0 aromatic heterocycles. The molecule has 0 aromatic carbocycles. The summed E-state index contributed by atoms with van der Waals surface area (Å²) in [5.41, 5.74) is 4.01. The van der Waals surface area contributed by atoms with E-state index in [9.17, 15) is 9.18 Å². The number of hydrogen-bond acceptors (Lipinski definition) is 3. The molecule has 1 aliphatic rings. The second-order valence-electron chi connectivity index (χ2n) is 6.05. The molecule has 1 aliphatic carbocycles. The summed E-state index contributed by atoms with van der Waals surface area (Å²) in [5.74, 6) is 0. The van der Waals surface area contributed by atoms with Gasteiger partial charge in [0.2, 0.25) is 0 Å². The van der Waals surface area contributed by atoms with Crippen molar-refractivity contribution in [2.45, 2.75) is 70.2 Å². The van der Waals surface area contributed by atoms with Crippen LogP contribution in [0.4, 0.5) is 9.18 Å². The topological polar surface area (TPSA) is 64.3 Å². The van der Waals surface area contributed by atoms with Crippen LogP contribution in [0.5, 0.6) is 0 Å². The highest BCUT2D eigenvalue weighted by Crippen LogP contribution is 2.32. The van der Waals surface area contributed by atoms with Gasteiger partial charge in [-0.1, -0.05) is 19.3 Å². The van der Waals surface area contributed by atoms with E-state index < -0.39 is 23.4 Å². The van der Waals surface area contributed by atoms with E-state index in [-0.39, 0.29) is 6.54 Å². The van der Waals surface area contributed by atoms with Crippen molar-refractivity contribution in [2.75, 3.05) is 6.54 Å². The molecule has 0 bridgehead atoms. The van der Waals surface area contributed by atoms with E-state index in [1.807, 2.05) is 0 Å². The predicted molar refractivity (Wildman–Crippen MR) is 69.1 cm³/mol. The number of carbonyl (C=O) groups excluding carboxylic acids is 1. The molecule has 0 radical (unpaired) electrons. The number of hydrogen-bond donors (Lipinski definition) is 2. The largest absolute Gasteiger partial charge is 0.444 e. The maximum Gasteiger partial charge on any atom is 0.408 e. The fraction of sp³-hybridized carbons (Fsp3) is 0.923. The van der Waals surface area contributed by atoms with Crippen molar-refractivity contribution in [2.24, 2.45) is 5.73 Å². The number of carbonyl (C=O) groups is 1. The first-order valence-electron chi connectivity index (χ1n) is 6.64. The van der Waals surface area contributed by atoms with Crippen molar-refractivity contribution in [3.05, 3.63) is 0 Å². The third kappa shape index (κ3) is 4.12. The molecule has 1 fully saturated rings. The Morgan fingerprint density at radius 3 is 2.39 bits per heavy atom. The van der Waals surface area contributed by atoms with Crippen molar-refractivity contribution in [1.29, 1.82) is 0 Å². The summed E-state index contributed by atoms with van der Waals surface area (Å²) in [6, 6.07) is 0. The van der Waals surface area contributed by atoms with Crippen molar-refractivity contribution in [3.63, 3.8) is 0 Å². The molecule has 3 N–H and O–H groups in total. The van der Waals surface area contributed by atoms with Crippen LogP contribution in [-0.2, 0) is 4.74 Å². The third-order valence-corrected chi connectivity index (χ3v) is 3.30. The molecule has 1 rings (SSSR count). The summed E-state index contributed by atoms with van der Waals surface area (Å²) >= 11 is 0. The number of nitrogens with two attached hydrogens (primary N) is 1. The molecule has 0 aliphatic heterocycles. The number of rotatable bonds is 3. The Kier molecular flexibility index (Phi) is 4.96. The number of halogens is 1. The lowest BCUT2D eigenvalue weighted by atomic mass is 9.78. The molecule has 0 spiro atoms. The second kappa shape index (κ2) is 5.87. The van der Waals surface area contributed by atoms with Gasteiger partial charge in [-0.05, 0) is 33.6 Å². The van der Waals surface area contributed by atoms with Crippen LogP contribution >= 0.6 is 0 Å². The fourth-order valence-electron chi connectivity index (χ4n) is 2.43. The zero-order valence-electron chi connectivity index (χ0n) is 11.6. The average Bonchev–Trinajstić information content (AvgIpc) is 2.26. The highest BCUT2D eigenvalue weighted by atomic mass is 19.1. The van der Waals surface area contributed by atoms with Crippen LogP contribution in [0.2, 0.25) is 0 Å². The number of nitrogens with one attached hydrogen (secondary N) is 1. The predicted octanol–water partition coefficient (Wildman–Crippen LogP) is 2.51. The molecule has 1 unspecified atom stereocenters. The number of ether oxygens (including phenoxy) is 1. The molecule has 0 saturated heterocycles. The highest BCUT2D eigenvalue weighted by Gasteiger charge is 2.41. The minimum Gasteiger partial charge on any atom is -0.444 e. The minimum atomic E-state index is -1.22. The molecule has 1 atom stereocenters. The molecule has 4 nitrogen and oxygen atoms in total. The lowest BCUT2D eigenvalue weighted by molar-refractivity contribution is 0.0309. The fourth-order valence-corrected chi connectivity index (χ4v) is 2.43. The lowest BCUT2D eigenvalue weighted by Gasteiger charge is -2.40. The average molecular weight is 260 g/mol. The van der Waals surface area contributed by atoms with Gasteiger partial charge < -0.3 is 15.8 Å². The van der Waals surface area contributed by atoms with Crippen LogP contribution in [-0.4, -0.2) is 29.9 Å². The van der Waals surface area contributed by atoms with Crippen LogP contribution in [0.3, 0.4) is 0 Å². The van der Waals surface area contributed by atoms with Gasteiger partial charge in [-0.3, -0.25) is 0 Å².